The van der Waals surface area contributed by atoms with E-state index >= 15 is 0 Å². The van der Waals surface area contributed by atoms with Gasteiger partial charge in [0.1, 0.15) is 5.82 Å². The van der Waals surface area contributed by atoms with Gasteiger partial charge in [0.2, 0.25) is 0 Å². The maximum absolute atomic E-state index is 12.3. The van der Waals surface area contributed by atoms with Crippen molar-refractivity contribution in [1.82, 2.24) is 10.3 Å². The predicted octanol–water partition coefficient (Wildman–Crippen LogP) is 2.80. The molecule has 1 amide bonds. The molecule has 1 aromatic heterocycles. The predicted molar refractivity (Wildman–Crippen MR) is 82.6 cm³/mol. The first-order chi connectivity index (χ1) is 9.51. The highest BCUT2D eigenvalue weighted by atomic mass is 16.1. The number of rotatable bonds is 7. The van der Waals surface area contributed by atoms with Gasteiger partial charge in [0.25, 0.3) is 5.91 Å². The van der Waals surface area contributed by atoms with Crippen LogP contribution >= 0.6 is 0 Å². The quantitative estimate of drug-likeness (QED) is 0.529. The molecule has 1 rings (SSSR count). The van der Waals surface area contributed by atoms with Crippen molar-refractivity contribution in [3.05, 3.63) is 23.4 Å². The van der Waals surface area contributed by atoms with Gasteiger partial charge < -0.3 is 10.7 Å². The Hall–Kier alpha value is -1.62. The van der Waals surface area contributed by atoms with Crippen molar-refractivity contribution >= 4 is 11.7 Å². The van der Waals surface area contributed by atoms with Gasteiger partial charge >= 0.3 is 0 Å². The van der Waals surface area contributed by atoms with E-state index in [9.17, 15) is 4.79 Å². The van der Waals surface area contributed by atoms with E-state index < -0.39 is 0 Å². The molecule has 1 aromatic rings. The molecule has 4 N–H and O–H groups in total. The largest absolute Gasteiger partial charge is 0.349 e. The minimum Gasteiger partial charge on any atom is -0.349 e. The third kappa shape index (κ3) is 4.49. The summed E-state index contributed by atoms with van der Waals surface area (Å²) >= 11 is 0. The third-order valence-electron chi connectivity index (χ3n) is 3.31. The van der Waals surface area contributed by atoms with Crippen molar-refractivity contribution in [1.29, 1.82) is 0 Å². The highest BCUT2D eigenvalue weighted by Gasteiger charge is 2.14. The lowest BCUT2D eigenvalue weighted by atomic mass is 10.1. The highest BCUT2D eigenvalue weighted by molar-refractivity contribution is 5.95. The molecule has 0 saturated heterocycles. The molecule has 0 fully saturated rings. The average molecular weight is 278 g/mol. The number of carbonyl (C=O) groups is 1. The van der Waals surface area contributed by atoms with Gasteiger partial charge in [-0.2, -0.15) is 0 Å². The van der Waals surface area contributed by atoms with Crippen LogP contribution in [0.1, 0.15) is 68.9 Å². The lowest BCUT2D eigenvalue weighted by Gasteiger charge is -2.17. The number of nitrogens with zero attached hydrogens (tertiary/aromatic N) is 1. The van der Waals surface area contributed by atoms with Crippen LogP contribution < -0.4 is 16.6 Å². The zero-order chi connectivity index (χ0) is 15.1. The first-order valence-corrected chi connectivity index (χ1v) is 7.31. The van der Waals surface area contributed by atoms with Crippen LogP contribution in [0.25, 0.3) is 0 Å². The van der Waals surface area contributed by atoms with Crippen molar-refractivity contribution in [3.63, 3.8) is 0 Å². The van der Waals surface area contributed by atoms with E-state index in [0.717, 1.165) is 25.0 Å². The Balaban J connectivity index is 2.93. The summed E-state index contributed by atoms with van der Waals surface area (Å²) in [7, 11) is 0. The zero-order valence-electron chi connectivity index (χ0n) is 12.9. The molecule has 0 aromatic carbocycles. The summed E-state index contributed by atoms with van der Waals surface area (Å²) in [6.45, 7) is 8.28. The van der Waals surface area contributed by atoms with Crippen LogP contribution in [0.3, 0.4) is 0 Å². The summed E-state index contributed by atoms with van der Waals surface area (Å²) in [5, 5.41) is 3.07. The number of hydrogen-bond acceptors (Lipinski definition) is 4. The molecular weight excluding hydrogens is 252 g/mol. The molecule has 1 unspecified atom stereocenters. The van der Waals surface area contributed by atoms with Gasteiger partial charge in [-0.25, -0.2) is 10.8 Å². The lowest BCUT2D eigenvalue weighted by molar-refractivity contribution is 0.0933. The number of hydrogen-bond donors (Lipinski definition) is 3. The number of nitrogens with two attached hydrogens (primary N) is 1. The fraction of sp³-hybridized carbons (Fsp3) is 0.600. The molecule has 0 aliphatic heterocycles. The van der Waals surface area contributed by atoms with Gasteiger partial charge in [0.15, 0.2) is 0 Å². The molecule has 5 nitrogen and oxygen atoms in total. The number of anilines is 1. The summed E-state index contributed by atoms with van der Waals surface area (Å²) in [5.74, 6) is 6.12. The van der Waals surface area contributed by atoms with Crippen molar-refractivity contribution in [2.75, 3.05) is 5.43 Å². The molecule has 0 radical (unpaired) electrons. The van der Waals surface area contributed by atoms with Gasteiger partial charge in [-0.05, 0) is 30.9 Å². The van der Waals surface area contributed by atoms with Crippen LogP contribution in [0, 0.1) is 0 Å². The topological polar surface area (TPSA) is 80.0 Å². The van der Waals surface area contributed by atoms with Crippen LogP contribution in [0.15, 0.2) is 12.1 Å². The Morgan fingerprint density at radius 3 is 2.55 bits per heavy atom. The summed E-state index contributed by atoms with van der Waals surface area (Å²) in [4.78, 5) is 16.7. The minimum atomic E-state index is -0.0638. The molecular formula is C15H26N4O. The van der Waals surface area contributed by atoms with Crippen LogP contribution in [-0.2, 0) is 0 Å². The van der Waals surface area contributed by atoms with Crippen molar-refractivity contribution < 1.29 is 4.79 Å². The van der Waals surface area contributed by atoms with Gasteiger partial charge in [-0.15, -0.1) is 0 Å². The van der Waals surface area contributed by atoms with Crippen molar-refractivity contribution in [2.45, 2.75) is 58.9 Å². The van der Waals surface area contributed by atoms with Crippen LogP contribution in [-0.4, -0.2) is 16.9 Å². The summed E-state index contributed by atoms with van der Waals surface area (Å²) in [6, 6.07) is 3.73. The van der Waals surface area contributed by atoms with E-state index in [1.807, 2.05) is 19.9 Å². The number of aromatic nitrogens is 1. The Labute approximate surface area is 121 Å². The second kappa shape index (κ2) is 7.85. The van der Waals surface area contributed by atoms with E-state index in [4.69, 9.17) is 5.84 Å². The maximum atomic E-state index is 12.3. The lowest BCUT2D eigenvalue weighted by Crippen LogP contribution is -2.34. The van der Waals surface area contributed by atoms with Gasteiger partial charge in [-0.3, -0.25) is 4.79 Å². The van der Waals surface area contributed by atoms with Crippen molar-refractivity contribution in [2.24, 2.45) is 5.84 Å². The number of nitrogens with one attached hydrogen (secondary N) is 2. The molecule has 0 spiro atoms. The Morgan fingerprint density at radius 2 is 2.05 bits per heavy atom. The molecule has 1 atom stereocenters. The molecule has 20 heavy (non-hydrogen) atoms. The molecule has 112 valence electrons. The monoisotopic (exact) mass is 278 g/mol. The van der Waals surface area contributed by atoms with Gasteiger partial charge in [-0.1, -0.05) is 34.1 Å². The summed E-state index contributed by atoms with van der Waals surface area (Å²) in [5.41, 5.74) is 3.98. The van der Waals surface area contributed by atoms with E-state index in [0.29, 0.717) is 11.4 Å². The van der Waals surface area contributed by atoms with E-state index in [-0.39, 0.29) is 17.9 Å². The first-order valence-electron chi connectivity index (χ1n) is 7.31. The van der Waals surface area contributed by atoms with Crippen LogP contribution in [0.5, 0.6) is 0 Å². The molecule has 0 bridgehead atoms. The highest BCUT2D eigenvalue weighted by Crippen LogP contribution is 2.17. The average Bonchev–Trinajstić information content (AvgIpc) is 2.45. The maximum Gasteiger partial charge on any atom is 0.251 e. The Kier molecular flexibility index (Phi) is 6.45. The molecule has 0 saturated carbocycles. The summed E-state index contributed by atoms with van der Waals surface area (Å²) in [6.07, 6.45) is 2.98. The second-order valence-electron chi connectivity index (χ2n) is 5.33. The van der Waals surface area contributed by atoms with Gasteiger partial charge in [0.05, 0.1) is 0 Å². The smallest absolute Gasteiger partial charge is 0.251 e. The van der Waals surface area contributed by atoms with E-state index in [2.05, 4.69) is 29.6 Å². The molecule has 0 aliphatic rings. The molecule has 1 heterocycles. The number of nitrogen functional groups attached to an aromatic ring is 1. The normalized spacial score (nSPS) is 12.3. The number of amides is 1. The van der Waals surface area contributed by atoms with E-state index in [1.165, 1.54) is 0 Å². The first kappa shape index (κ1) is 16.4. The Morgan fingerprint density at radius 1 is 1.35 bits per heavy atom. The zero-order valence-corrected chi connectivity index (χ0v) is 12.9. The second-order valence-corrected chi connectivity index (χ2v) is 5.33. The molecule has 0 aliphatic carbocycles. The standard InChI is InChI=1S/C15H26N4O/c1-5-7-12(6-2)17-15(20)11-8-13(10(3)4)18-14(9-11)19-16/h8-10,12H,5-7,16H2,1-4H3,(H,17,20)(H,18,19). The fourth-order valence-corrected chi connectivity index (χ4v) is 2.05. The molecule has 5 heteroatoms. The van der Waals surface area contributed by atoms with E-state index in [1.54, 1.807) is 6.07 Å². The Bertz CT molecular complexity index is 445. The number of carbonyl (C=O) groups excluding carboxylic acids is 1. The van der Waals surface area contributed by atoms with Crippen molar-refractivity contribution in [3.8, 4) is 0 Å². The van der Waals surface area contributed by atoms with Gasteiger partial charge in [0, 0.05) is 17.3 Å². The SMILES string of the molecule is CCCC(CC)NC(=O)c1cc(NN)nc(C(C)C)c1. The minimum absolute atomic E-state index is 0.0638. The summed E-state index contributed by atoms with van der Waals surface area (Å²) < 4.78 is 0. The fourth-order valence-electron chi connectivity index (χ4n) is 2.05. The third-order valence-corrected chi connectivity index (χ3v) is 3.31. The number of hydrazine groups is 1. The number of pyridine rings is 1. The van der Waals surface area contributed by atoms with Crippen LogP contribution in [0.2, 0.25) is 0 Å². The van der Waals surface area contributed by atoms with Crippen LogP contribution in [0.4, 0.5) is 5.82 Å².